The quantitative estimate of drug-likeness (QED) is 0.817. The molecule has 0 fully saturated rings. The topological polar surface area (TPSA) is 52.9 Å². The number of amidine groups is 1. The van der Waals surface area contributed by atoms with E-state index in [2.05, 4.69) is 4.99 Å². The monoisotopic (exact) mass is 264 g/mol. The summed E-state index contributed by atoms with van der Waals surface area (Å²) in [6.07, 6.45) is 1.99. The van der Waals surface area contributed by atoms with E-state index < -0.39 is 5.97 Å². The molecule has 0 aliphatic carbocycles. The molecule has 13 heavy (non-hydrogen) atoms. The Morgan fingerprint density at radius 1 is 1.77 bits per heavy atom. The summed E-state index contributed by atoms with van der Waals surface area (Å²) in [6.45, 7) is 1.73. The van der Waals surface area contributed by atoms with E-state index in [1.807, 2.05) is 11.1 Å². The van der Waals surface area contributed by atoms with E-state index in [0.29, 0.717) is 0 Å². The fraction of sp³-hybridized carbons (Fsp3) is 0.429. The summed E-state index contributed by atoms with van der Waals surface area (Å²) in [5.41, 5.74) is 0. The van der Waals surface area contributed by atoms with Crippen LogP contribution < -0.4 is 0 Å². The van der Waals surface area contributed by atoms with E-state index in [4.69, 9.17) is 5.11 Å². The van der Waals surface area contributed by atoms with E-state index in [9.17, 15) is 4.79 Å². The van der Waals surface area contributed by atoms with Crippen molar-refractivity contribution in [3.63, 3.8) is 0 Å². The lowest BCUT2D eigenvalue weighted by molar-refractivity contribution is -0.136. The smallest absolute Gasteiger partial charge is 0.308 e. The summed E-state index contributed by atoms with van der Waals surface area (Å²) in [6, 6.07) is 0. The van der Waals surface area contributed by atoms with Gasteiger partial charge in [0.1, 0.15) is 0 Å². The zero-order valence-corrected chi connectivity index (χ0v) is 9.29. The van der Waals surface area contributed by atoms with Crippen LogP contribution in [0.5, 0.6) is 0 Å². The van der Waals surface area contributed by atoms with Crippen LogP contribution in [0.4, 0.5) is 0 Å². The first-order valence-corrected chi connectivity index (χ1v) is 4.49. The van der Waals surface area contributed by atoms with Crippen molar-refractivity contribution in [2.45, 2.75) is 6.42 Å². The Balaban J connectivity index is 0.000000845. The molecule has 2 rings (SSSR count). The molecule has 4 nitrogen and oxygen atoms in total. The number of hydrogen-bond acceptors (Lipinski definition) is 4. The molecule has 0 saturated carbocycles. The maximum absolute atomic E-state index is 10.4. The zero-order chi connectivity index (χ0) is 8.55. The van der Waals surface area contributed by atoms with E-state index >= 15 is 0 Å². The summed E-state index contributed by atoms with van der Waals surface area (Å²) < 4.78 is 0. The number of hydrogen-bond donors (Lipinski definition) is 1. The molecule has 2 heterocycles. The number of carbonyl (C=O) groups is 1. The predicted molar refractivity (Wildman–Crippen MR) is 57.3 cm³/mol. The third-order valence-corrected chi connectivity index (χ3v) is 2.74. The number of halogens is 1. The van der Waals surface area contributed by atoms with Crippen molar-refractivity contribution in [2.75, 3.05) is 13.1 Å². The van der Waals surface area contributed by atoms with E-state index in [-0.39, 0.29) is 23.4 Å². The first kappa shape index (κ1) is 10.6. The van der Waals surface area contributed by atoms with Crippen LogP contribution in [0.15, 0.2) is 16.1 Å². The highest BCUT2D eigenvalue weighted by atomic mass is 79.9. The number of nitrogens with zero attached hydrogens (tertiary/aromatic N) is 2. The van der Waals surface area contributed by atoms with Gasteiger partial charge in [0.15, 0.2) is 5.17 Å². The molecule has 72 valence electrons. The maximum Gasteiger partial charge on any atom is 0.308 e. The highest BCUT2D eigenvalue weighted by molar-refractivity contribution is 8.93. The van der Waals surface area contributed by atoms with Gasteiger partial charge in [0.25, 0.3) is 0 Å². The second-order valence-corrected chi connectivity index (χ2v) is 3.72. The standard InChI is InChI=1S/C7H8N2O2S.BrH/c10-6(11)3-5-4-9-2-1-8-7(9)12-5;/h4H,1-3H2,(H,10,11);1H. The number of carboxylic acids is 1. The molecule has 0 radical (unpaired) electrons. The fourth-order valence-electron chi connectivity index (χ4n) is 1.20. The third-order valence-electron chi connectivity index (χ3n) is 1.68. The largest absolute Gasteiger partial charge is 0.481 e. The van der Waals surface area contributed by atoms with E-state index in [1.165, 1.54) is 11.8 Å². The Morgan fingerprint density at radius 2 is 2.54 bits per heavy atom. The normalized spacial score (nSPS) is 18.9. The molecule has 0 unspecified atom stereocenters. The molecule has 0 aromatic rings. The summed E-state index contributed by atoms with van der Waals surface area (Å²) in [5.74, 6) is -0.782. The first-order valence-electron chi connectivity index (χ1n) is 3.67. The molecule has 0 aromatic heterocycles. The van der Waals surface area contributed by atoms with Crippen molar-refractivity contribution in [1.29, 1.82) is 0 Å². The van der Waals surface area contributed by atoms with Crippen LogP contribution in [-0.4, -0.2) is 34.2 Å². The summed E-state index contributed by atoms with van der Waals surface area (Å²) in [7, 11) is 0. The Morgan fingerprint density at radius 3 is 3.15 bits per heavy atom. The number of thioether (sulfide) groups is 1. The average Bonchev–Trinajstić information content (AvgIpc) is 2.43. The van der Waals surface area contributed by atoms with Gasteiger partial charge in [0, 0.05) is 17.6 Å². The molecular formula is C7H9BrN2O2S. The molecule has 1 N–H and O–H groups in total. The maximum atomic E-state index is 10.4. The lowest BCUT2D eigenvalue weighted by Crippen LogP contribution is -2.14. The van der Waals surface area contributed by atoms with Crippen LogP contribution in [0.3, 0.4) is 0 Å². The number of fused-ring (bicyclic) bond motifs is 1. The number of aliphatic carboxylic acids is 1. The van der Waals surface area contributed by atoms with Crippen LogP contribution in [0.1, 0.15) is 6.42 Å². The first-order chi connectivity index (χ1) is 5.75. The predicted octanol–water partition coefficient (Wildman–Crippen LogP) is 1.30. The minimum absolute atomic E-state index is 0. The fourth-order valence-corrected chi connectivity index (χ4v) is 2.23. The van der Waals surface area contributed by atoms with Crippen molar-refractivity contribution < 1.29 is 9.90 Å². The molecule has 0 saturated heterocycles. The Hall–Kier alpha value is -0.490. The Bertz CT molecular complexity index is 290. The van der Waals surface area contributed by atoms with Gasteiger partial charge in [0.05, 0.1) is 13.0 Å². The minimum Gasteiger partial charge on any atom is -0.481 e. The lowest BCUT2D eigenvalue weighted by Gasteiger charge is -2.04. The highest BCUT2D eigenvalue weighted by Crippen LogP contribution is 2.32. The summed E-state index contributed by atoms with van der Waals surface area (Å²) in [4.78, 5) is 17.5. The molecular weight excluding hydrogens is 256 g/mol. The average molecular weight is 265 g/mol. The number of aliphatic imine (C=N–C) groups is 1. The summed E-state index contributed by atoms with van der Waals surface area (Å²) in [5, 5.41) is 9.47. The van der Waals surface area contributed by atoms with Crippen LogP contribution in [0.25, 0.3) is 0 Å². The van der Waals surface area contributed by atoms with Gasteiger partial charge in [0.2, 0.25) is 0 Å². The molecule has 2 aliphatic heterocycles. The van der Waals surface area contributed by atoms with Gasteiger partial charge < -0.3 is 10.0 Å². The zero-order valence-electron chi connectivity index (χ0n) is 6.77. The summed E-state index contributed by atoms with van der Waals surface area (Å²) >= 11 is 1.47. The molecule has 0 amide bonds. The van der Waals surface area contributed by atoms with Gasteiger partial charge >= 0.3 is 5.97 Å². The van der Waals surface area contributed by atoms with Crippen molar-refractivity contribution in [1.82, 2.24) is 4.90 Å². The van der Waals surface area contributed by atoms with Gasteiger partial charge in [-0.1, -0.05) is 11.8 Å². The molecule has 0 spiro atoms. The molecule has 2 aliphatic rings. The minimum atomic E-state index is -0.782. The van der Waals surface area contributed by atoms with Gasteiger partial charge in [-0.3, -0.25) is 9.79 Å². The third kappa shape index (κ3) is 2.25. The van der Waals surface area contributed by atoms with Crippen LogP contribution >= 0.6 is 28.7 Å². The van der Waals surface area contributed by atoms with Crippen LogP contribution in [0.2, 0.25) is 0 Å². The lowest BCUT2D eigenvalue weighted by atomic mass is 10.4. The van der Waals surface area contributed by atoms with Crippen molar-refractivity contribution in [3.05, 3.63) is 11.1 Å². The molecule has 0 bridgehead atoms. The molecule has 0 aromatic carbocycles. The Kier molecular flexibility index (Phi) is 3.38. The SMILES string of the molecule is Br.O=C(O)CC1=CN2CCN=C2S1. The van der Waals surface area contributed by atoms with E-state index in [1.54, 1.807) is 0 Å². The number of carboxylic acid groups (broad SMARTS) is 1. The Labute approximate surface area is 90.5 Å². The van der Waals surface area contributed by atoms with Crippen molar-refractivity contribution >= 4 is 39.9 Å². The van der Waals surface area contributed by atoms with Crippen LogP contribution in [-0.2, 0) is 4.79 Å². The van der Waals surface area contributed by atoms with Crippen LogP contribution in [0, 0.1) is 0 Å². The van der Waals surface area contributed by atoms with E-state index in [0.717, 1.165) is 23.2 Å². The number of rotatable bonds is 2. The second kappa shape index (κ2) is 4.15. The van der Waals surface area contributed by atoms with Gasteiger partial charge in [-0.15, -0.1) is 17.0 Å². The second-order valence-electron chi connectivity index (χ2n) is 2.63. The van der Waals surface area contributed by atoms with Crippen molar-refractivity contribution in [3.8, 4) is 0 Å². The van der Waals surface area contributed by atoms with Crippen molar-refractivity contribution in [2.24, 2.45) is 4.99 Å². The molecule has 0 atom stereocenters. The highest BCUT2D eigenvalue weighted by Gasteiger charge is 2.24. The van der Waals surface area contributed by atoms with Gasteiger partial charge in [-0.25, -0.2) is 0 Å². The molecule has 6 heteroatoms. The van der Waals surface area contributed by atoms with Gasteiger partial charge in [-0.2, -0.15) is 0 Å². The van der Waals surface area contributed by atoms with Gasteiger partial charge in [-0.05, 0) is 0 Å².